The van der Waals surface area contributed by atoms with Crippen molar-refractivity contribution in [1.29, 1.82) is 0 Å². The van der Waals surface area contributed by atoms with Gasteiger partial charge in [-0.25, -0.2) is 0 Å². The molecule has 1 aliphatic carbocycles. The molecule has 1 atom stereocenters. The van der Waals surface area contributed by atoms with Crippen LogP contribution in [0.3, 0.4) is 0 Å². The van der Waals surface area contributed by atoms with Gasteiger partial charge in [0.1, 0.15) is 6.04 Å². The standard InChI is InChI=1S/C14H25NO2/c16-14(13-9-5-2-6-10-15-13)17-11-12-7-3-1-4-8-12/h12-13,15H,1-11H2. The van der Waals surface area contributed by atoms with Crippen molar-refractivity contribution in [1.82, 2.24) is 5.32 Å². The van der Waals surface area contributed by atoms with Crippen molar-refractivity contribution in [2.75, 3.05) is 13.2 Å². The largest absolute Gasteiger partial charge is 0.464 e. The van der Waals surface area contributed by atoms with Crippen LogP contribution in [-0.4, -0.2) is 25.2 Å². The van der Waals surface area contributed by atoms with Crippen LogP contribution in [0.25, 0.3) is 0 Å². The highest BCUT2D eigenvalue weighted by Crippen LogP contribution is 2.24. The maximum atomic E-state index is 11.9. The maximum absolute atomic E-state index is 11.9. The van der Waals surface area contributed by atoms with Gasteiger partial charge < -0.3 is 10.1 Å². The molecule has 2 aliphatic rings. The molecule has 1 saturated heterocycles. The third-order valence-corrected chi connectivity index (χ3v) is 4.03. The monoisotopic (exact) mass is 239 g/mol. The summed E-state index contributed by atoms with van der Waals surface area (Å²) in [5.74, 6) is 0.607. The van der Waals surface area contributed by atoms with E-state index in [9.17, 15) is 4.79 Å². The summed E-state index contributed by atoms with van der Waals surface area (Å²) in [5, 5.41) is 3.29. The molecule has 2 fully saturated rings. The third-order valence-electron chi connectivity index (χ3n) is 4.03. The Morgan fingerprint density at radius 2 is 1.71 bits per heavy atom. The Hall–Kier alpha value is -0.570. The van der Waals surface area contributed by atoms with Crippen molar-refractivity contribution in [2.45, 2.75) is 63.8 Å². The summed E-state index contributed by atoms with van der Waals surface area (Å²) in [5.41, 5.74) is 0. The Balaban J connectivity index is 1.68. The zero-order chi connectivity index (χ0) is 11.9. The maximum Gasteiger partial charge on any atom is 0.323 e. The van der Waals surface area contributed by atoms with Gasteiger partial charge in [-0.1, -0.05) is 32.1 Å². The normalized spacial score (nSPS) is 27.4. The van der Waals surface area contributed by atoms with Gasteiger partial charge in [-0.2, -0.15) is 0 Å². The molecule has 3 heteroatoms. The lowest BCUT2D eigenvalue weighted by Gasteiger charge is -2.22. The van der Waals surface area contributed by atoms with E-state index in [2.05, 4.69) is 5.32 Å². The summed E-state index contributed by atoms with van der Waals surface area (Å²) in [6, 6.07) is -0.0407. The van der Waals surface area contributed by atoms with Crippen molar-refractivity contribution in [3.05, 3.63) is 0 Å². The molecule has 0 spiro atoms. The molecule has 0 aromatic rings. The average Bonchev–Trinajstić information content (AvgIpc) is 2.66. The fourth-order valence-electron chi connectivity index (χ4n) is 2.88. The summed E-state index contributed by atoms with van der Waals surface area (Å²) in [7, 11) is 0. The quantitative estimate of drug-likeness (QED) is 0.769. The number of ether oxygens (including phenoxy) is 1. The summed E-state index contributed by atoms with van der Waals surface area (Å²) >= 11 is 0. The van der Waals surface area contributed by atoms with Gasteiger partial charge >= 0.3 is 5.97 Å². The zero-order valence-corrected chi connectivity index (χ0v) is 10.7. The van der Waals surface area contributed by atoms with Crippen molar-refractivity contribution in [2.24, 2.45) is 5.92 Å². The molecule has 0 amide bonds. The smallest absolute Gasteiger partial charge is 0.323 e. The topological polar surface area (TPSA) is 38.3 Å². The molecular weight excluding hydrogens is 214 g/mol. The van der Waals surface area contributed by atoms with E-state index in [0.717, 1.165) is 19.4 Å². The van der Waals surface area contributed by atoms with Crippen molar-refractivity contribution in [3.8, 4) is 0 Å². The van der Waals surface area contributed by atoms with Crippen LogP contribution >= 0.6 is 0 Å². The van der Waals surface area contributed by atoms with Crippen LogP contribution in [0.4, 0.5) is 0 Å². The minimum Gasteiger partial charge on any atom is -0.464 e. The molecule has 0 radical (unpaired) electrons. The number of hydrogen-bond acceptors (Lipinski definition) is 3. The lowest BCUT2D eigenvalue weighted by atomic mass is 9.90. The van der Waals surface area contributed by atoms with Crippen LogP contribution in [0.5, 0.6) is 0 Å². The average molecular weight is 239 g/mol. The predicted molar refractivity (Wildman–Crippen MR) is 67.8 cm³/mol. The van der Waals surface area contributed by atoms with Crippen LogP contribution in [0.15, 0.2) is 0 Å². The molecule has 98 valence electrons. The van der Waals surface area contributed by atoms with Crippen molar-refractivity contribution >= 4 is 5.97 Å². The van der Waals surface area contributed by atoms with E-state index in [1.54, 1.807) is 0 Å². The Morgan fingerprint density at radius 3 is 2.53 bits per heavy atom. The van der Waals surface area contributed by atoms with E-state index in [1.165, 1.54) is 44.9 Å². The first-order valence-corrected chi connectivity index (χ1v) is 7.26. The Morgan fingerprint density at radius 1 is 1.00 bits per heavy atom. The number of rotatable bonds is 3. The zero-order valence-electron chi connectivity index (χ0n) is 10.7. The molecular formula is C14H25NO2. The van der Waals surface area contributed by atoms with Gasteiger partial charge in [0.05, 0.1) is 6.61 Å². The Bertz CT molecular complexity index is 228. The predicted octanol–water partition coefficient (Wildman–Crippen LogP) is 2.64. The van der Waals surface area contributed by atoms with Gasteiger partial charge in [0, 0.05) is 0 Å². The third kappa shape index (κ3) is 4.30. The van der Waals surface area contributed by atoms with E-state index in [0.29, 0.717) is 12.5 Å². The molecule has 0 bridgehead atoms. The van der Waals surface area contributed by atoms with Crippen molar-refractivity contribution < 1.29 is 9.53 Å². The van der Waals surface area contributed by atoms with E-state index in [-0.39, 0.29) is 12.0 Å². The van der Waals surface area contributed by atoms with E-state index in [4.69, 9.17) is 4.74 Å². The van der Waals surface area contributed by atoms with Gasteiger partial charge in [-0.15, -0.1) is 0 Å². The van der Waals surface area contributed by atoms with Gasteiger partial charge in [-0.3, -0.25) is 4.79 Å². The first-order valence-electron chi connectivity index (χ1n) is 7.26. The lowest BCUT2D eigenvalue weighted by molar-refractivity contribution is -0.148. The molecule has 1 saturated carbocycles. The summed E-state index contributed by atoms with van der Waals surface area (Å²) < 4.78 is 5.48. The highest BCUT2D eigenvalue weighted by atomic mass is 16.5. The molecule has 2 rings (SSSR count). The second kappa shape index (κ2) is 7.00. The highest BCUT2D eigenvalue weighted by Gasteiger charge is 2.22. The molecule has 1 aliphatic heterocycles. The number of hydrogen-bond donors (Lipinski definition) is 1. The number of esters is 1. The fraction of sp³-hybridized carbons (Fsp3) is 0.929. The molecule has 1 heterocycles. The van der Waals surface area contributed by atoms with Crippen LogP contribution in [-0.2, 0) is 9.53 Å². The minimum absolute atomic E-state index is 0.0162. The fourth-order valence-corrected chi connectivity index (χ4v) is 2.88. The lowest BCUT2D eigenvalue weighted by Crippen LogP contribution is -2.38. The SMILES string of the molecule is O=C(OCC1CCCCC1)C1CCCCCN1. The molecule has 0 aromatic carbocycles. The summed E-state index contributed by atoms with van der Waals surface area (Å²) in [6.45, 7) is 1.61. The number of carbonyl (C=O) groups excluding carboxylic acids is 1. The molecule has 1 unspecified atom stereocenters. The highest BCUT2D eigenvalue weighted by molar-refractivity contribution is 5.75. The van der Waals surface area contributed by atoms with Crippen LogP contribution in [0.1, 0.15) is 57.8 Å². The second-order valence-corrected chi connectivity index (χ2v) is 5.49. The first kappa shape index (κ1) is 12.9. The summed E-state index contributed by atoms with van der Waals surface area (Å²) in [4.78, 5) is 11.9. The van der Waals surface area contributed by atoms with Crippen molar-refractivity contribution in [3.63, 3.8) is 0 Å². The number of carbonyl (C=O) groups is 1. The Labute approximate surface area is 104 Å². The van der Waals surface area contributed by atoms with Crippen LogP contribution in [0.2, 0.25) is 0 Å². The molecule has 0 aromatic heterocycles. The number of nitrogens with one attached hydrogen (secondary N) is 1. The minimum atomic E-state index is -0.0407. The van der Waals surface area contributed by atoms with E-state index in [1.807, 2.05) is 0 Å². The molecule has 17 heavy (non-hydrogen) atoms. The van der Waals surface area contributed by atoms with Gasteiger partial charge in [-0.05, 0) is 38.1 Å². The first-order chi connectivity index (χ1) is 8.36. The molecule has 1 N–H and O–H groups in total. The second-order valence-electron chi connectivity index (χ2n) is 5.49. The van der Waals surface area contributed by atoms with E-state index >= 15 is 0 Å². The van der Waals surface area contributed by atoms with Gasteiger partial charge in [0.2, 0.25) is 0 Å². The summed E-state index contributed by atoms with van der Waals surface area (Å²) in [6.07, 6.45) is 11.0. The van der Waals surface area contributed by atoms with Crippen LogP contribution < -0.4 is 5.32 Å². The van der Waals surface area contributed by atoms with Crippen LogP contribution in [0, 0.1) is 5.92 Å². The van der Waals surface area contributed by atoms with E-state index < -0.39 is 0 Å². The Kier molecular flexibility index (Phi) is 5.30. The van der Waals surface area contributed by atoms with Gasteiger partial charge in [0.25, 0.3) is 0 Å². The van der Waals surface area contributed by atoms with Gasteiger partial charge in [0.15, 0.2) is 0 Å². The molecule has 3 nitrogen and oxygen atoms in total.